The van der Waals surface area contributed by atoms with Crippen LogP contribution in [0.1, 0.15) is 56.1 Å². The summed E-state index contributed by atoms with van der Waals surface area (Å²) in [5.74, 6) is -1.04. The fraction of sp³-hybridized carbons (Fsp3) is 0.440. The highest BCUT2D eigenvalue weighted by Crippen LogP contribution is 2.62. The van der Waals surface area contributed by atoms with Crippen LogP contribution in [0.5, 0.6) is 11.5 Å². The van der Waals surface area contributed by atoms with Gasteiger partial charge in [0.25, 0.3) is 0 Å². The molecule has 3 unspecified atom stereocenters. The number of hydrogen-bond donors (Lipinski definition) is 2. The van der Waals surface area contributed by atoms with Gasteiger partial charge in [0.2, 0.25) is 0 Å². The Labute approximate surface area is 182 Å². The first-order valence-electron chi connectivity index (χ1n) is 11.0. The molecular formula is C25H29NO5. The zero-order chi connectivity index (χ0) is 22.0. The molecule has 164 valence electrons. The van der Waals surface area contributed by atoms with Crippen LogP contribution in [0.15, 0.2) is 48.5 Å². The van der Waals surface area contributed by atoms with E-state index in [0.717, 1.165) is 48.3 Å². The Morgan fingerprint density at radius 1 is 1.06 bits per heavy atom. The minimum absolute atomic E-state index is 0.134. The molecule has 2 aromatic rings. The Hall–Kier alpha value is -2.86. The molecule has 0 saturated heterocycles. The van der Waals surface area contributed by atoms with Gasteiger partial charge in [0.15, 0.2) is 0 Å². The molecule has 3 N–H and O–H groups in total. The van der Waals surface area contributed by atoms with Crippen LogP contribution >= 0.6 is 0 Å². The van der Waals surface area contributed by atoms with Crippen molar-refractivity contribution in [2.75, 3.05) is 6.54 Å². The zero-order valence-electron chi connectivity index (χ0n) is 17.8. The standard InChI is InChI=1S/C25H29NO5/c1-2-3-4-11-19-23(24(28)29)25(19,31-22(27)15-26)14-18-16-9-5-7-12-20(16)30-21-13-8-6-10-17(18)21/h5-10,12-13,18-19,23H,2-4,11,14-15,26H2,1H3,(H,28,29). The van der Waals surface area contributed by atoms with E-state index in [4.69, 9.17) is 15.2 Å². The van der Waals surface area contributed by atoms with Crippen molar-refractivity contribution in [2.45, 2.75) is 50.5 Å². The van der Waals surface area contributed by atoms with Crippen LogP contribution in [-0.4, -0.2) is 29.2 Å². The fourth-order valence-electron chi connectivity index (χ4n) is 5.16. The van der Waals surface area contributed by atoms with Gasteiger partial charge in [-0.05, 0) is 25.0 Å². The number of aliphatic carboxylic acids is 1. The van der Waals surface area contributed by atoms with Gasteiger partial charge >= 0.3 is 11.9 Å². The number of unbranched alkanes of at least 4 members (excludes halogenated alkanes) is 2. The van der Waals surface area contributed by atoms with Crippen molar-refractivity contribution in [3.05, 3.63) is 59.7 Å². The van der Waals surface area contributed by atoms with Gasteiger partial charge in [-0.3, -0.25) is 9.59 Å². The number of carbonyl (C=O) groups excluding carboxylic acids is 1. The number of benzene rings is 2. The topological polar surface area (TPSA) is 98.9 Å². The second kappa shape index (κ2) is 8.71. The molecule has 2 aromatic carbocycles. The summed E-state index contributed by atoms with van der Waals surface area (Å²) in [5.41, 5.74) is 6.44. The van der Waals surface area contributed by atoms with E-state index in [1.165, 1.54) is 0 Å². The third-order valence-corrected chi connectivity index (χ3v) is 6.63. The van der Waals surface area contributed by atoms with Gasteiger partial charge in [-0.15, -0.1) is 0 Å². The van der Waals surface area contributed by atoms with Crippen LogP contribution in [0.3, 0.4) is 0 Å². The maximum atomic E-state index is 12.3. The number of carbonyl (C=O) groups is 2. The van der Waals surface area contributed by atoms with Crippen molar-refractivity contribution in [1.29, 1.82) is 0 Å². The molecule has 6 nitrogen and oxygen atoms in total. The lowest BCUT2D eigenvalue weighted by atomic mass is 9.82. The highest BCUT2D eigenvalue weighted by atomic mass is 16.6. The Morgan fingerprint density at radius 2 is 1.68 bits per heavy atom. The number of hydrogen-bond acceptors (Lipinski definition) is 5. The van der Waals surface area contributed by atoms with Crippen molar-refractivity contribution in [2.24, 2.45) is 17.6 Å². The minimum atomic E-state index is -1.06. The first kappa shape index (κ1) is 21.4. The Kier molecular flexibility index (Phi) is 6.01. The molecule has 0 aromatic heterocycles. The van der Waals surface area contributed by atoms with E-state index >= 15 is 0 Å². The molecule has 0 spiro atoms. The smallest absolute Gasteiger partial charge is 0.320 e. The average molecular weight is 424 g/mol. The average Bonchev–Trinajstić information content (AvgIpc) is 3.39. The quantitative estimate of drug-likeness (QED) is 0.456. The second-order valence-corrected chi connectivity index (χ2v) is 8.49. The summed E-state index contributed by atoms with van der Waals surface area (Å²) in [6.07, 6.45) is 4.08. The lowest BCUT2D eigenvalue weighted by molar-refractivity contribution is -0.154. The van der Waals surface area contributed by atoms with E-state index in [2.05, 4.69) is 6.92 Å². The van der Waals surface area contributed by atoms with Gasteiger partial charge in [0, 0.05) is 23.0 Å². The largest absolute Gasteiger partial charge is 0.481 e. The first-order chi connectivity index (χ1) is 15.0. The van der Waals surface area contributed by atoms with E-state index < -0.39 is 23.5 Å². The van der Waals surface area contributed by atoms with Gasteiger partial charge < -0.3 is 20.3 Å². The molecular weight excluding hydrogens is 394 g/mol. The monoisotopic (exact) mass is 423 g/mol. The number of ether oxygens (including phenoxy) is 2. The summed E-state index contributed by atoms with van der Waals surface area (Å²) in [7, 11) is 0. The third-order valence-electron chi connectivity index (χ3n) is 6.63. The van der Waals surface area contributed by atoms with Crippen LogP contribution in [0.2, 0.25) is 0 Å². The molecule has 3 atom stereocenters. The van der Waals surface area contributed by atoms with Crippen LogP contribution in [0, 0.1) is 11.8 Å². The molecule has 1 heterocycles. The molecule has 4 rings (SSSR count). The summed E-state index contributed by atoms with van der Waals surface area (Å²) in [4.78, 5) is 24.5. The normalized spacial score (nSPS) is 23.9. The fourth-order valence-corrected chi connectivity index (χ4v) is 5.16. The second-order valence-electron chi connectivity index (χ2n) is 8.49. The molecule has 2 aliphatic rings. The lowest BCUT2D eigenvalue weighted by Crippen LogP contribution is -2.32. The summed E-state index contributed by atoms with van der Waals surface area (Å²) in [6.45, 7) is 1.84. The Bertz CT molecular complexity index is 928. The molecule has 1 aliphatic heterocycles. The predicted molar refractivity (Wildman–Crippen MR) is 116 cm³/mol. The zero-order valence-corrected chi connectivity index (χ0v) is 17.8. The summed E-state index contributed by atoms with van der Waals surface area (Å²) in [6, 6.07) is 15.5. The molecule has 6 heteroatoms. The highest BCUT2D eigenvalue weighted by molar-refractivity contribution is 5.80. The third kappa shape index (κ3) is 3.92. The van der Waals surface area contributed by atoms with Crippen molar-refractivity contribution in [3.63, 3.8) is 0 Å². The SMILES string of the molecule is CCCCCC1C(C(=O)O)C1(CC1c2ccccc2Oc2ccccc21)OC(=O)CN. The van der Waals surface area contributed by atoms with Crippen LogP contribution in [0.4, 0.5) is 0 Å². The van der Waals surface area contributed by atoms with Crippen LogP contribution in [-0.2, 0) is 14.3 Å². The van der Waals surface area contributed by atoms with Crippen LogP contribution < -0.4 is 10.5 Å². The maximum absolute atomic E-state index is 12.3. The number of nitrogens with two attached hydrogens (primary N) is 1. The van der Waals surface area contributed by atoms with E-state index in [1.54, 1.807) is 0 Å². The lowest BCUT2D eigenvalue weighted by Gasteiger charge is -2.31. The molecule has 0 amide bonds. The molecule has 1 fully saturated rings. The predicted octanol–water partition coefficient (Wildman–Crippen LogP) is 4.47. The minimum Gasteiger partial charge on any atom is -0.481 e. The molecule has 1 saturated carbocycles. The van der Waals surface area contributed by atoms with E-state index in [0.29, 0.717) is 6.42 Å². The van der Waals surface area contributed by atoms with Gasteiger partial charge in [0.05, 0.1) is 6.54 Å². The summed E-state index contributed by atoms with van der Waals surface area (Å²) < 4.78 is 11.9. The van der Waals surface area contributed by atoms with Crippen molar-refractivity contribution in [1.82, 2.24) is 0 Å². The first-order valence-corrected chi connectivity index (χ1v) is 11.0. The van der Waals surface area contributed by atoms with Gasteiger partial charge in [0.1, 0.15) is 23.0 Å². The number of carboxylic acid groups (broad SMARTS) is 1. The van der Waals surface area contributed by atoms with Crippen molar-refractivity contribution < 1.29 is 24.2 Å². The molecule has 0 radical (unpaired) electrons. The maximum Gasteiger partial charge on any atom is 0.320 e. The Balaban J connectivity index is 1.73. The van der Waals surface area contributed by atoms with Crippen molar-refractivity contribution in [3.8, 4) is 11.5 Å². The molecule has 1 aliphatic carbocycles. The van der Waals surface area contributed by atoms with E-state index in [1.807, 2.05) is 48.5 Å². The number of para-hydroxylation sites is 2. The van der Waals surface area contributed by atoms with Crippen LogP contribution in [0.25, 0.3) is 0 Å². The van der Waals surface area contributed by atoms with Gasteiger partial charge in [-0.2, -0.15) is 0 Å². The van der Waals surface area contributed by atoms with Gasteiger partial charge in [-0.25, -0.2) is 0 Å². The Morgan fingerprint density at radius 3 is 2.23 bits per heavy atom. The highest BCUT2D eigenvalue weighted by Gasteiger charge is 2.71. The van der Waals surface area contributed by atoms with E-state index in [9.17, 15) is 14.7 Å². The van der Waals surface area contributed by atoms with Crippen molar-refractivity contribution >= 4 is 11.9 Å². The number of rotatable bonds is 9. The number of esters is 1. The number of carboxylic acids is 1. The molecule has 31 heavy (non-hydrogen) atoms. The summed E-state index contributed by atoms with van der Waals surface area (Å²) >= 11 is 0. The molecule has 0 bridgehead atoms. The number of fused-ring (bicyclic) bond motifs is 2. The van der Waals surface area contributed by atoms with E-state index in [-0.39, 0.29) is 18.4 Å². The van der Waals surface area contributed by atoms with Gasteiger partial charge in [-0.1, -0.05) is 62.6 Å². The summed E-state index contributed by atoms with van der Waals surface area (Å²) in [5, 5.41) is 9.97.